The Bertz CT molecular complexity index is 548. The van der Waals surface area contributed by atoms with E-state index < -0.39 is 12.1 Å². The quantitative estimate of drug-likeness (QED) is 0.785. The molecule has 1 atom stereocenters. The van der Waals surface area contributed by atoms with Crippen molar-refractivity contribution < 1.29 is 19.0 Å². The van der Waals surface area contributed by atoms with Gasteiger partial charge in [0.15, 0.2) is 0 Å². The predicted molar refractivity (Wildman–Crippen MR) is 74.8 cm³/mol. The summed E-state index contributed by atoms with van der Waals surface area (Å²) in [7, 11) is 2.94. The normalized spacial score (nSPS) is 11.5. The number of ether oxygens (including phenoxy) is 3. The first-order chi connectivity index (χ1) is 9.74. The van der Waals surface area contributed by atoms with Crippen molar-refractivity contribution in [3.05, 3.63) is 60.2 Å². The zero-order valence-corrected chi connectivity index (χ0v) is 11.4. The lowest BCUT2D eigenvalue weighted by atomic mass is 10.1. The van der Waals surface area contributed by atoms with Crippen molar-refractivity contribution in [3.8, 4) is 11.5 Å². The zero-order valence-electron chi connectivity index (χ0n) is 11.4. The second-order valence-corrected chi connectivity index (χ2v) is 4.11. The molecule has 0 N–H and O–H groups in total. The van der Waals surface area contributed by atoms with Crippen LogP contribution in [0.15, 0.2) is 54.6 Å². The molecule has 2 aromatic rings. The minimum atomic E-state index is -0.783. The van der Waals surface area contributed by atoms with Crippen LogP contribution in [-0.4, -0.2) is 20.2 Å². The molecule has 0 spiro atoms. The fourth-order valence-corrected chi connectivity index (χ4v) is 1.78. The van der Waals surface area contributed by atoms with Crippen molar-refractivity contribution in [1.29, 1.82) is 0 Å². The van der Waals surface area contributed by atoms with E-state index in [4.69, 9.17) is 14.2 Å². The number of rotatable bonds is 5. The minimum absolute atomic E-state index is 0.438. The average molecular weight is 272 g/mol. The van der Waals surface area contributed by atoms with Gasteiger partial charge in [-0.05, 0) is 24.3 Å². The molecular weight excluding hydrogens is 256 g/mol. The molecule has 0 bridgehead atoms. The fraction of sp³-hybridized carbons (Fsp3) is 0.188. The summed E-state index contributed by atoms with van der Waals surface area (Å²) in [6, 6.07) is 16.3. The van der Waals surface area contributed by atoms with Crippen LogP contribution in [0.5, 0.6) is 11.5 Å². The number of hydrogen-bond donors (Lipinski definition) is 0. The van der Waals surface area contributed by atoms with Gasteiger partial charge < -0.3 is 14.2 Å². The van der Waals surface area contributed by atoms with Crippen LogP contribution in [0, 0.1) is 0 Å². The first-order valence-electron chi connectivity index (χ1n) is 6.18. The summed E-state index contributed by atoms with van der Waals surface area (Å²) < 4.78 is 15.6. The molecule has 0 saturated carbocycles. The van der Waals surface area contributed by atoms with Gasteiger partial charge in [-0.3, -0.25) is 0 Å². The van der Waals surface area contributed by atoms with E-state index >= 15 is 0 Å². The van der Waals surface area contributed by atoms with E-state index in [9.17, 15) is 4.79 Å². The Labute approximate surface area is 117 Å². The largest absolute Gasteiger partial charge is 0.497 e. The Balaban J connectivity index is 2.21. The highest BCUT2D eigenvalue weighted by Crippen LogP contribution is 2.25. The van der Waals surface area contributed by atoms with E-state index in [0.717, 1.165) is 11.3 Å². The molecular formula is C16H16O4. The lowest BCUT2D eigenvalue weighted by Crippen LogP contribution is -2.20. The highest BCUT2D eigenvalue weighted by Gasteiger charge is 2.23. The molecule has 104 valence electrons. The van der Waals surface area contributed by atoms with Crippen LogP contribution >= 0.6 is 0 Å². The lowest BCUT2D eigenvalue weighted by molar-refractivity contribution is -0.149. The van der Waals surface area contributed by atoms with Crippen molar-refractivity contribution >= 4 is 5.97 Å². The molecule has 2 aromatic carbocycles. The molecule has 0 aliphatic rings. The Hall–Kier alpha value is -2.49. The Morgan fingerprint density at radius 1 is 0.900 bits per heavy atom. The van der Waals surface area contributed by atoms with Crippen molar-refractivity contribution in [2.45, 2.75) is 6.10 Å². The topological polar surface area (TPSA) is 44.8 Å². The fourth-order valence-electron chi connectivity index (χ4n) is 1.78. The highest BCUT2D eigenvalue weighted by molar-refractivity contribution is 5.76. The molecule has 0 unspecified atom stereocenters. The Morgan fingerprint density at radius 3 is 2.05 bits per heavy atom. The second kappa shape index (κ2) is 6.61. The molecule has 20 heavy (non-hydrogen) atoms. The standard InChI is InChI=1S/C16H16O4/c1-18-13-8-10-14(11-9-13)20-15(16(17)19-2)12-6-4-3-5-7-12/h3-11,15H,1-2H3/t15-/m0/s1. The summed E-state index contributed by atoms with van der Waals surface area (Å²) in [6.45, 7) is 0. The Kier molecular flexibility index (Phi) is 4.60. The summed E-state index contributed by atoms with van der Waals surface area (Å²) >= 11 is 0. The molecule has 2 rings (SSSR count). The molecule has 0 radical (unpaired) electrons. The summed E-state index contributed by atoms with van der Waals surface area (Å²) in [6.07, 6.45) is -0.783. The average Bonchev–Trinajstić information content (AvgIpc) is 2.53. The van der Waals surface area contributed by atoms with E-state index in [1.54, 1.807) is 31.4 Å². The van der Waals surface area contributed by atoms with Crippen molar-refractivity contribution in [2.75, 3.05) is 14.2 Å². The van der Waals surface area contributed by atoms with Crippen LogP contribution in [0.2, 0.25) is 0 Å². The van der Waals surface area contributed by atoms with Gasteiger partial charge in [0.25, 0.3) is 0 Å². The molecule has 4 heteroatoms. The maximum atomic E-state index is 11.9. The highest BCUT2D eigenvalue weighted by atomic mass is 16.6. The zero-order chi connectivity index (χ0) is 14.4. The van der Waals surface area contributed by atoms with Gasteiger partial charge in [-0.2, -0.15) is 0 Å². The first-order valence-corrected chi connectivity index (χ1v) is 6.18. The maximum absolute atomic E-state index is 11.9. The van der Waals surface area contributed by atoms with Crippen LogP contribution in [0.25, 0.3) is 0 Å². The molecule has 0 fully saturated rings. The van der Waals surface area contributed by atoms with Crippen LogP contribution in [0.3, 0.4) is 0 Å². The van der Waals surface area contributed by atoms with Gasteiger partial charge in [-0.25, -0.2) is 4.79 Å². The van der Waals surface area contributed by atoms with Crippen LogP contribution in [0.4, 0.5) is 0 Å². The number of methoxy groups -OCH3 is 2. The van der Waals surface area contributed by atoms with Gasteiger partial charge in [-0.1, -0.05) is 30.3 Å². The number of hydrogen-bond acceptors (Lipinski definition) is 4. The summed E-state index contributed by atoms with van der Waals surface area (Å²) in [5, 5.41) is 0. The van der Waals surface area contributed by atoms with E-state index in [0.29, 0.717) is 5.75 Å². The third kappa shape index (κ3) is 3.29. The number of carbonyl (C=O) groups excluding carboxylic acids is 1. The van der Waals surface area contributed by atoms with Gasteiger partial charge in [0.2, 0.25) is 6.10 Å². The molecule has 0 aliphatic heterocycles. The SMILES string of the molecule is COC(=O)[C@@H](Oc1ccc(OC)cc1)c1ccccc1. The smallest absolute Gasteiger partial charge is 0.351 e. The number of esters is 1. The van der Waals surface area contributed by atoms with Gasteiger partial charge in [0.05, 0.1) is 14.2 Å². The van der Waals surface area contributed by atoms with Gasteiger partial charge in [-0.15, -0.1) is 0 Å². The molecule has 0 heterocycles. The van der Waals surface area contributed by atoms with Gasteiger partial charge in [0, 0.05) is 5.56 Å². The summed E-state index contributed by atoms with van der Waals surface area (Å²) in [4.78, 5) is 11.9. The molecule has 4 nitrogen and oxygen atoms in total. The minimum Gasteiger partial charge on any atom is -0.497 e. The van der Waals surface area contributed by atoms with E-state index in [1.165, 1.54) is 7.11 Å². The number of carbonyl (C=O) groups is 1. The van der Waals surface area contributed by atoms with Gasteiger partial charge >= 0.3 is 5.97 Å². The third-order valence-corrected chi connectivity index (χ3v) is 2.83. The molecule has 0 saturated heterocycles. The van der Waals surface area contributed by atoms with Crippen molar-refractivity contribution in [1.82, 2.24) is 0 Å². The van der Waals surface area contributed by atoms with E-state index in [-0.39, 0.29) is 0 Å². The van der Waals surface area contributed by atoms with E-state index in [2.05, 4.69) is 0 Å². The van der Waals surface area contributed by atoms with Crippen LogP contribution in [-0.2, 0) is 9.53 Å². The first kappa shape index (κ1) is 13.9. The van der Waals surface area contributed by atoms with Crippen LogP contribution in [0.1, 0.15) is 11.7 Å². The third-order valence-electron chi connectivity index (χ3n) is 2.83. The Morgan fingerprint density at radius 2 is 1.50 bits per heavy atom. The van der Waals surface area contributed by atoms with Gasteiger partial charge in [0.1, 0.15) is 11.5 Å². The second-order valence-electron chi connectivity index (χ2n) is 4.11. The summed E-state index contributed by atoms with van der Waals surface area (Å²) in [5.41, 5.74) is 0.746. The van der Waals surface area contributed by atoms with Crippen molar-refractivity contribution in [3.63, 3.8) is 0 Å². The lowest BCUT2D eigenvalue weighted by Gasteiger charge is -2.17. The maximum Gasteiger partial charge on any atom is 0.351 e. The molecule has 0 aliphatic carbocycles. The monoisotopic (exact) mass is 272 g/mol. The summed E-state index contributed by atoms with van der Waals surface area (Å²) in [5.74, 6) is 0.865. The molecule has 0 amide bonds. The van der Waals surface area contributed by atoms with Crippen molar-refractivity contribution in [2.24, 2.45) is 0 Å². The predicted octanol–water partition coefficient (Wildman–Crippen LogP) is 2.99. The molecule has 0 aromatic heterocycles. The number of benzene rings is 2. The van der Waals surface area contributed by atoms with Crippen LogP contribution < -0.4 is 9.47 Å². The van der Waals surface area contributed by atoms with E-state index in [1.807, 2.05) is 30.3 Å².